The molecule has 0 atom stereocenters. The molecule has 0 aliphatic carbocycles. The molecule has 3 aromatic rings. The van der Waals surface area contributed by atoms with Crippen molar-refractivity contribution in [2.75, 3.05) is 5.32 Å². The lowest BCUT2D eigenvalue weighted by molar-refractivity contribution is 0.102. The first kappa shape index (κ1) is 9.98. The van der Waals surface area contributed by atoms with E-state index >= 15 is 0 Å². The van der Waals surface area contributed by atoms with Gasteiger partial charge in [-0.15, -0.1) is 0 Å². The van der Waals surface area contributed by atoms with Crippen LogP contribution in [0.15, 0.2) is 35.3 Å². The van der Waals surface area contributed by atoms with Crippen LogP contribution in [-0.4, -0.2) is 21.1 Å². The fourth-order valence-corrected chi connectivity index (χ4v) is 2.18. The Balaban J connectivity index is 1.95. The predicted molar refractivity (Wildman–Crippen MR) is 66.2 cm³/mol. The molecule has 0 saturated carbocycles. The molecule has 0 bridgehead atoms. The van der Waals surface area contributed by atoms with E-state index in [0.717, 1.165) is 5.39 Å². The maximum absolute atomic E-state index is 11.9. The molecule has 0 aliphatic heterocycles. The van der Waals surface area contributed by atoms with Crippen LogP contribution < -0.4 is 5.32 Å². The number of aromatic nitrogens is 3. The third-order valence-electron chi connectivity index (χ3n) is 2.39. The molecule has 3 heterocycles. The van der Waals surface area contributed by atoms with Crippen LogP contribution in [0.3, 0.4) is 0 Å². The average Bonchev–Trinajstić information content (AvgIpc) is 3.00. The molecular weight excluding hydrogens is 236 g/mol. The van der Waals surface area contributed by atoms with Crippen LogP contribution in [0.4, 0.5) is 5.69 Å². The van der Waals surface area contributed by atoms with Crippen LogP contribution >= 0.6 is 11.3 Å². The van der Waals surface area contributed by atoms with Crippen LogP contribution in [0.1, 0.15) is 10.4 Å². The van der Waals surface area contributed by atoms with Crippen LogP contribution in [-0.2, 0) is 0 Å². The molecule has 1 amide bonds. The largest absolute Gasteiger partial charge is 0.321 e. The number of H-pyrrole nitrogens is 1. The number of aromatic amines is 1. The summed E-state index contributed by atoms with van der Waals surface area (Å²) in [6.07, 6.45) is 3.27. The van der Waals surface area contributed by atoms with E-state index in [1.807, 2.05) is 10.8 Å². The zero-order valence-corrected chi connectivity index (χ0v) is 9.49. The summed E-state index contributed by atoms with van der Waals surface area (Å²) in [6, 6.07) is 3.54. The Morgan fingerprint density at radius 2 is 2.35 bits per heavy atom. The van der Waals surface area contributed by atoms with E-state index in [1.165, 1.54) is 11.3 Å². The SMILES string of the molecule is O=C(Nc1ccnc2[nH]ncc12)c1ccsc1. The standard InChI is InChI=1S/C11H8N4OS/c16-11(7-2-4-17-6-7)14-9-1-3-12-10-8(9)5-13-15-10/h1-6H,(H2,12,13,14,15,16). The smallest absolute Gasteiger partial charge is 0.256 e. The van der Waals surface area contributed by atoms with Crippen molar-refractivity contribution >= 4 is 34.0 Å². The molecular formula is C11H8N4OS. The minimum atomic E-state index is -0.125. The van der Waals surface area contributed by atoms with Gasteiger partial charge in [0.05, 0.1) is 22.8 Å². The van der Waals surface area contributed by atoms with Crippen molar-refractivity contribution in [2.45, 2.75) is 0 Å². The number of hydrogen-bond donors (Lipinski definition) is 2. The molecule has 0 fully saturated rings. The molecule has 3 rings (SSSR count). The van der Waals surface area contributed by atoms with E-state index in [-0.39, 0.29) is 5.91 Å². The van der Waals surface area contributed by atoms with Gasteiger partial charge >= 0.3 is 0 Å². The van der Waals surface area contributed by atoms with Gasteiger partial charge in [0.1, 0.15) is 0 Å². The highest BCUT2D eigenvalue weighted by atomic mass is 32.1. The first-order chi connectivity index (χ1) is 8.34. The van der Waals surface area contributed by atoms with E-state index in [4.69, 9.17) is 0 Å². The summed E-state index contributed by atoms with van der Waals surface area (Å²) in [5.74, 6) is -0.125. The lowest BCUT2D eigenvalue weighted by Gasteiger charge is -2.04. The van der Waals surface area contributed by atoms with Gasteiger partial charge < -0.3 is 5.32 Å². The monoisotopic (exact) mass is 244 g/mol. The van der Waals surface area contributed by atoms with Crippen molar-refractivity contribution in [3.05, 3.63) is 40.8 Å². The van der Waals surface area contributed by atoms with Gasteiger partial charge in [-0.3, -0.25) is 9.89 Å². The maximum Gasteiger partial charge on any atom is 0.256 e. The summed E-state index contributed by atoms with van der Waals surface area (Å²) < 4.78 is 0. The maximum atomic E-state index is 11.9. The molecule has 3 aromatic heterocycles. The Hall–Kier alpha value is -2.21. The van der Waals surface area contributed by atoms with Crippen molar-refractivity contribution in [3.63, 3.8) is 0 Å². The average molecular weight is 244 g/mol. The van der Waals surface area contributed by atoms with Crippen molar-refractivity contribution < 1.29 is 4.79 Å². The number of amides is 1. The zero-order chi connectivity index (χ0) is 11.7. The van der Waals surface area contributed by atoms with Gasteiger partial charge in [0.2, 0.25) is 0 Å². The lowest BCUT2D eigenvalue weighted by atomic mass is 10.2. The second-order valence-corrected chi connectivity index (χ2v) is 4.24. The molecule has 0 radical (unpaired) electrons. The van der Waals surface area contributed by atoms with Gasteiger partial charge in [-0.1, -0.05) is 0 Å². The van der Waals surface area contributed by atoms with E-state index < -0.39 is 0 Å². The van der Waals surface area contributed by atoms with Crippen molar-refractivity contribution in [1.82, 2.24) is 15.2 Å². The molecule has 84 valence electrons. The Bertz CT molecular complexity index is 659. The summed E-state index contributed by atoms with van der Waals surface area (Å²) >= 11 is 1.49. The lowest BCUT2D eigenvalue weighted by Crippen LogP contribution is -2.10. The molecule has 0 aliphatic rings. The van der Waals surface area contributed by atoms with Gasteiger partial charge in [0.25, 0.3) is 5.91 Å². The van der Waals surface area contributed by atoms with Crippen molar-refractivity contribution in [2.24, 2.45) is 0 Å². The topological polar surface area (TPSA) is 70.7 Å². The predicted octanol–water partition coefficient (Wildman–Crippen LogP) is 2.27. The van der Waals surface area contributed by atoms with Gasteiger partial charge in [-0.25, -0.2) is 4.98 Å². The molecule has 17 heavy (non-hydrogen) atoms. The highest BCUT2D eigenvalue weighted by Crippen LogP contribution is 2.20. The number of carbonyl (C=O) groups excluding carboxylic acids is 1. The fourth-order valence-electron chi connectivity index (χ4n) is 1.55. The number of nitrogens with one attached hydrogen (secondary N) is 2. The summed E-state index contributed by atoms with van der Waals surface area (Å²) in [5, 5.41) is 14.0. The first-order valence-corrected chi connectivity index (χ1v) is 5.90. The van der Waals surface area contributed by atoms with Crippen LogP contribution in [0, 0.1) is 0 Å². The molecule has 0 aromatic carbocycles. The van der Waals surface area contributed by atoms with Crippen LogP contribution in [0.25, 0.3) is 11.0 Å². The minimum Gasteiger partial charge on any atom is -0.321 e. The highest BCUT2D eigenvalue weighted by molar-refractivity contribution is 7.08. The Morgan fingerprint density at radius 1 is 1.41 bits per heavy atom. The fraction of sp³-hybridized carbons (Fsp3) is 0. The molecule has 5 nitrogen and oxygen atoms in total. The summed E-state index contributed by atoms with van der Waals surface area (Å²) in [5.41, 5.74) is 2.02. The molecule has 0 saturated heterocycles. The third kappa shape index (κ3) is 1.78. The highest BCUT2D eigenvalue weighted by Gasteiger charge is 2.09. The van der Waals surface area contributed by atoms with Gasteiger partial charge in [-0.2, -0.15) is 16.4 Å². The number of rotatable bonds is 2. The number of carbonyl (C=O) groups is 1. The number of nitrogens with zero attached hydrogens (tertiary/aromatic N) is 2. The van der Waals surface area contributed by atoms with Crippen LogP contribution in [0.2, 0.25) is 0 Å². The second-order valence-electron chi connectivity index (χ2n) is 3.46. The number of fused-ring (bicyclic) bond motifs is 1. The van der Waals surface area contributed by atoms with Crippen molar-refractivity contribution in [3.8, 4) is 0 Å². The Kier molecular flexibility index (Phi) is 2.34. The minimum absolute atomic E-state index is 0.125. The molecule has 2 N–H and O–H groups in total. The quantitative estimate of drug-likeness (QED) is 0.726. The molecule has 6 heteroatoms. The van der Waals surface area contributed by atoms with E-state index in [2.05, 4.69) is 20.5 Å². The summed E-state index contributed by atoms with van der Waals surface area (Å²) in [6.45, 7) is 0. The summed E-state index contributed by atoms with van der Waals surface area (Å²) in [7, 11) is 0. The number of anilines is 1. The second kappa shape index (κ2) is 3.99. The number of hydrogen-bond acceptors (Lipinski definition) is 4. The number of thiophene rings is 1. The van der Waals surface area contributed by atoms with E-state index in [0.29, 0.717) is 16.9 Å². The summed E-state index contributed by atoms with van der Waals surface area (Å²) in [4.78, 5) is 16.0. The van der Waals surface area contributed by atoms with E-state index in [1.54, 1.807) is 24.5 Å². The van der Waals surface area contributed by atoms with Crippen molar-refractivity contribution in [1.29, 1.82) is 0 Å². The van der Waals surface area contributed by atoms with Gasteiger partial charge in [0.15, 0.2) is 5.65 Å². The Labute approximate surface area is 101 Å². The number of pyridine rings is 1. The third-order valence-corrected chi connectivity index (χ3v) is 3.07. The van der Waals surface area contributed by atoms with Gasteiger partial charge in [0, 0.05) is 11.6 Å². The Morgan fingerprint density at radius 3 is 3.18 bits per heavy atom. The van der Waals surface area contributed by atoms with Crippen LogP contribution in [0.5, 0.6) is 0 Å². The van der Waals surface area contributed by atoms with Gasteiger partial charge in [-0.05, 0) is 17.5 Å². The normalized spacial score (nSPS) is 10.6. The molecule has 0 spiro atoms. The first-order valence-electron chi connectivity index (χ1n) is 4.96. The van der Waals surface area contributed by atoms with E-state index in [9.17, 15) is 4.79 Å². The zero-order valence-electron chi connectivity index (χ0n) is 8.68. The molecule has 0 unspecified atom stereocenters.